The smallest absolute Gasteiger partial charge is 0.184 e. The zero-order chi connectivity index (χ0) is 8.59. The first kappa shape index (κ1) is 8.89. The Balaban J connectivity index is 2.59. The van der Waals surface area contributed by atoms with E-state index in [0.717, 1.165) is 0 Å². The second kappa shape index (κ2) is 3.04. The maximum absolute atomic E-state index is 9.10. The Labute approximate surface area is 63.8 Å². The molecule has 1 saturated heterocycles. The van der Waals surface area contributed by atoms with Crippen LogP contribution in [0, 0.1) is 0 Å². The minimum absolute atomic E-state index is 0.903. The SMILES string of the molecule is C[C@@H](O)[C@@H]1O[C@H](O)[C@H](O)[C@H]1O. The quantitative estimate of drug-likeness (QED) is 0.353. The first-order chi connectivity index (χ1) is 5.04. The molecule has 0 aromatic rings. The van der Waals surface area contributed by atoms with Gasteiger partial charge in [-0.1, -0.05) is 0 Å². The lowest BCUT2D eigenvalue weighted by Crippen LogP contribution is -2.37. The van der Waals surface area contributed by atoms with Gasteiger partial charge >= 0.3 is 0 Å². The number of rotatable bonds is 1. The van der Waals surface area contributed by atoms with Gasteiger partial charge in [-0.15, -0.1) is 0 Å². The molecule has 0 saturated carbocycles. The van der Waals surface area contributed by atoms with Crippen LogP contribution in [0.4, 0.5) is 0 Å². The lowest BCUT2D eigenvalue weighted by atomic mass is 10.1. The Bertz CT molecular complexity index is 137. The molecular formula is C6H12O5. The molecule has 0 aromatic heterocycles. The van der Waals surface area contributed by atoms with E-state index in [4.69, 9.17) is 20.4 Å². The van der Waals surface area contributed by atoms with Gasteiger partial charge in [-0.25, -0.2) is 0 Å². The summed E-state index contributed by atoms with van der Waals surface area (Å²) in [4.78, 5) is 0. The lowest BCUT2D eigenvalue weighted by molar-refractivity contribution is -0.143. The molecule has 0 amide bonds. The Morgan fingerprint density at radius 2 is 1.73 bits per heavy atom. The van der Waals surface area contributed by atoms with Gasteiger partial charge in [0.05, 0.1) is 6.10 Å². The molecule has 11 heavy (non-hydrogen) atoms. The van der Waals surface area contributed by atoms with Crippen molar-refractivity contribution < 1.29 is 25.2 Å². The van der Waals surface area contributed by atoms with Crippen LogP contribution >= 0.6 is 0 Å². The van der Waals surface area contributed by atoms with E-state index in [1.54, 1.807) is 0 Å². The Morgan fingerprint density at radius 1 is 1.18 bits per heavy atom. The molecule has 4 N–H and O–H groups in total. The average Bonchev–Trinajstić information content (AvgIpc) is 2.17. The molecule has 0 radical (unpaired) electrons. The predicted molar refractivity (Wildman–Crippen MR) is 34.6 cm³/mol. The summed E-state index contributed by atoms with van der Waals surface area (Å²) in [5.74, 6) is 0. The molecule has 1 heterocycles. The molecule has 5 atom stereocenters. The molecule has 1 rings (SSSR count). The molecule has 0 aromatic carbocycles. The van der Waals surface area contributed by atoms with Crippen molar-refractivity contribution in [1.82, 2.24) is 0 Å². The Kier molecular flexibility index (Phi) is 2.46. The van der Waals surface area contributed by atoms with E-state index in [1.165, 1.54) is 6.92 Å². The fourth-order valence-corrected chi connectivity index (χ4v) is 1.08. The van der Waals surface area contributed by atoms with Crippen LogP contribution in [0.3, 0.4) is 0 Å². The molecule has 66 valence electrons. The highest BCUT2D eigenvalue weighted by Gasteiger charge is 2.43. The summed E-state index contributed by atoms with van der Waals surface area (Å²) < 4.78 is 4.65. The molecule has 5 heteroatoms. The van der Waals surface area contributed by atoms with Gasteiger partial charge in [0.15, 0.2) is 6.29 Å². The largest absolute Gasteiger partial charge is 0.391 e. The predicted octanol–water partition coefficient (Wildman–Crippen LogP) is -2.19. The van der Waals surface area contributed by atoms with Gasteiger partial charge in [0.1, 0.15) is 18.3 Å². The van der Waals surface area contributed by atoms with Crippen LogP contribution in [-0.4, -0.2) is 51.1 Å². The zero-order valence-corrected chi connectivity index (χ0v) is 6.08. The summed E-state index contributed by atoms with van der Waals surface area (Å²) in [6.07, 6.45) is -5.75. The monoisotopic (exact) mass is 164 g/mol. The van der Waals surface area contributed by atoms with Gasteiger partial charge in [0.25, 0.3) is 0 Å². The first-order valence-corrected chi connectivity index (χ1v) is 3.41. The normalized spacial score (nSPS) is 47.7. The van der Waals surface area contributed by atoms with E-state index in [0.29, 0.717) is 0 Å². The average molecular weight is 164 g/mol. The first-order valence-electron chi connectivity index (χ1n) is 3.41. The van der Waals surface area contributed by atoms with Crippen molar-refractivity contribution in [2.45, 2.75) is 37.6 Å². The highest BCUT2D eigenvalue weighted by molar-refractivity contribution is 4.88. The maximum atomic E-state index is 9.10. The fraction of sp³-hybridized carbons (Fsp3) is 1.00. The van der Waals surface area contributed by atoms with E-state index in [2.05, 4.69) is 4.74 Å². The van der Waals surface area contributed by atoms with Crippen LogP contribution in [0.5, 0.6) is 0 Å². The third kappa shape index (κ3) is 1.52. The second-order valence-electron chi connectivity index (χ2n) is 2.71. The second-order valence-corrected chi connectivity index (χ2v) is 2.71. The summed E-state index contributed by atoms with van der Waals surface area (Å²) in [7, 11) is 0. The van der Waals surface area contributed by atoms with Crippen molar-refractivity contribution in [3.8, 4) is 0 Å². The topological polar surface area (TPSA) is 90.2 Å². The number of aliphatic hydroxyl groups excluding tert-OH is 4. The number of aliphatic hydroxyl groups is 4. The van der Waals surface area contributed by atoms with Crippen LogP contribution < -0.4 is 0 Å². The molecular weight excluding hydrogens is 152 g/mol. The summed E-state index contributed by atoms with van der Waals surface area (Å²) in [6, 6.07) is 0. The number of hydrogen-bond acceptors (Lipinski definition) is 5. The van der Waals surface area contributed by atoms with Crippen LogP contribution in [0.25, 0.3) is 0 Å². The Hall–Kier alpha value is -0.200. The van der Waals surface area contributed by atoms with E-state index >= 15 is 0 Å². The molecule has 1 aliphatic rings. The standard InChI is InChI=1S/C6H12O5/c1-2(7)5-3(8)4(9)6(10)11-5/h2-10H,1H3/t2-,3-,4-,5+,6+/m1/s1. The lowest BCUT2D eigenvalue weighted by Gasteiger charge is -2.16. The van der Waals surface area contributed by atoms with Crippen molar-refractivity contribution in [3.05, 3.63) is 0 Å². The molecule has 5 nitrogen and oxygen atoms in total. The highest BCUT2D eigenvalue weighted by Crippen LogP contribution is 2.21. The summed E-state index contributed by atoms with van der Waals surface area (Å²) in [5, 5.41) is 35.8. The zero-order valence-electron chi connectivity index (χ0n) is 6.08. The highest BCUT2D eigenvalue weighted by atomic mass is 16.6. The van der Waals surface area contributed by atoms with E-state index < -0.39 is 30.7 Å². The van der Waals surface area contributed by atoms with Crippen LogP contribution in [0.15, 0.2) is 0 Å². The van der Waals surface area contributed by atoms with Gasteiger partial charge in [-0.3, -0.25) is 0 Å². The van der Waals surface area contributed by atoms with Gasteiger partial charge in [-0.05, 0) is 6.92 Å². The van der Waals surface area contributed by atoms with E-state index in [1.807, 2.05) is 0 Å². The number of hydrogen-bond donors (Lipinski definition) is 4. The van der Waals surface area contributed by atoms with Crippen molar-refractivity contribution in [3.63, 3.8) is 0 Å². The van der Waals surface area contributed by atoms with Crippen LogP contribution in [0.2, 0.25) is 0 Å². The molecule has 1 fully saturated rings. The molecule has 0 aliphatic carbocycles. The molecule has 0 bridgehead atoms. The van der Waals surface area contributed by atoms with Gasteiger partial charge in [-0.2, -0.15) is 0 Å². The van der Waals surface area contributed by atoms with Crippen LogP contribution in [-0.2, 0) is 4.74 Å². The van der Waals surface area contributed by atoms with E-state index in [-0.39, 0.29) is 0 Å². The minimum atomic E-state index is -1.40. The summed E-state index contributed by atoms with van der Waals surface area (Å²) in [6.45, 7) is 1.42. The maximum Gasteiger partial charge on any atom is 0.184 e. The summed E-state index contributed by atoms with van der Waals surface area (Å²) >= 11 is 0. The third-order valence-electron chi connectivity index (χ3n) is 1.75. The fourth-order valence-electron chi connectivity index (χ4n) is 1.08. The third-order valence-corrected chi connectivity index (χ3v) is 1.75. The molecule has 0 spiro atoms. The van der Waals surface area contributed by atoms with Gasteiger partial charge in [0.2, 0.25) is 0 Å². The van der Waals surface area contributed by atoms with Crippen molar-refractivity contribution in [2.75, 3.05) is 0 Å². The van der Waals surface area contributed by atoms with Crippen molar-refractivity contribution in [2.24, 2.45) is 0 Å². The van der Waals surface area contributed by atoms with Crippen molar-refractivity contribution in [1.29, 1.82) is 0 Å². The number of ether oxygens (including phenoxy) is 1. The van der Waals surface area contributed by atoms with Crippen molar-refractivity contribution >= 4 is 0 Å². The van der Waals surface area contributed by atoms with Crippen LogP contribution in [0.1, 0.15) is 6.92 Å². The van der Waals surface area contributed by atoms with Gasteiger partial charge < -0.3 is 25.2 Å². The van der Waals surface area contributed by atoms with Gasteiger partial charge in [0, 0.05) is 0 Å². The minimum Gasteiger partial charge on any atom is -0.391 e. The molecule has 1 aliphatic heterocycles. The molecule has 0 unspecified atom stereocenters. The summed E-state index contributed by atoms with van der Waals surface area (Å²) in [5.41, 5.74) is 0. The van der Waals surface area contributed by atoms with E-state index in [9.17, 15) is 0 Å². The Morgan fingerprint density at radius 3 is 1.91 bits per heavy atom.